The second-order valence-electron chi connectivity index (χ2n) is 2.69. The molecule has 0 spiro atoms. The lowest BCUT2D eigenvalue weighted by Crippen LogP contribution is -2.22. The number of hydrogen-bond donors (Lipinski definition) is 0. The molecule has 0 bridgehead atoms. The second-order valence-corrected chi connectivity index (χ2v) is 3.33. The maximum absolute atomic E-state index is 3.56. The van der Waals surface area contributed by atoms with Gasteiger partial charge in [-0.1, -0.05) is 26.7 Å². The van der Waals surface area contributed by atoms with E-state index in [1.807, 2.05) is 0 Å². The van der Waals surface area contributed by atoms with Gasteiger partial charge in [-0.15, -0.1) is 0 Å². The molecule has 0 heterocycles. The molecule has 0 saturated heterocycles. The molecule has 0 aliphatic carbocycles. The Morgan fingerprint density at radius 3 is 1.70 bits per heavy atom. The predicted octanol–water partition coefficient (Wildman–Crippen LogP) is 1.97. The van der Waals surface area contributed by atoms with Crippen molar-refractivity contribution in [1.29, 1.82) is 0 Å². The molecule has 0 unspecified atom stereocenters. The Morgan fingerprint density at radius 2 is 1.40 bits per heavy atom. The molecule has 0 N–H and O–H groups in total. The number of unbranched alkanes of at least 4 members (excludes halogenated alkanes) is 2. The van der Waals surface area contributed by atoms with Crippen LogP contribution in [0.3, 0.4) is 0 Å². The normalized spacial score (nSPS) is 10.8. The first-order chi connectivity index (χ1) is 4.81. The van der Waals surface area contributed by atoms with Crippen molar-refractivity contribution in [3.8, 4) is 0 Å². The van der Waals surface area contributed by atoms with Crippen molar-refractivity contribution in [3.63, 3.8) is 0 Å². The minimum Gasteiger partial charge on any atom is -0.327 e. The summed E-state index contributed by atoms with van der Waals surface area (Å²) in [6, 6.07) is 0. The van der Waals surface area contributed by atoms with Crippen LogP contribution in [0.1, 0.15) is 39.5 Å². The van der Waals surface area contributed by atoms with Gasteiger partial charge in [-0.3, -0.25) is 0 Å². The zero-order chi connectivity index (χ0) is 7.82. The fraction of sp³-hybridized carbons (Fsp3) is 1.00. The summed E-state index contributed by atoms with van der Waals surface area (Å²) in [5, 5.41) is 0. The van der Waals surface area contributed by atoms with Gasteiger partial charge >= 0.3 is 0 Å². The fourth-order valence-corrected chi connectivity index (χ4v) is 1.13. The molecule has 3 radical (unpaired) electrons. The smallest absolute Gasteiger partial charge is 0.143 e. The summed E-state index contributed by atoms with van der Waals surface area (Å²) in [7, 11) is 3.56. The molecule has 0 aromatic rings. The molecule has 0 aliphatic rings. The maximum atomic E-state index is 3.56. The maximum Gasteiger partial charge on any atom is 0.143 e. The summed E-state index contributed by atoms with van der Waals surface area (Å²) in [5.74, 6) is 0. The largest absolute Gasteiger partial charge is 0.327 e. The average molecular weight is 156 g/mol. The predicted molar refractivity (Wildman–Crippen MR) is 47.1 cm³/mol. The molecule has 0 fully saturated rings. The Kier molecular flexibility index (Phi) is 7.41. The number of rotatable bonds is 6. The quantitative estimate of drug-likeness (QED) is 0.531. The van der Waals surface area contributed by atoms with Gasteiger partial charge in [-0.2, -0.15) is 0 Å². The monoisotopic (exact) mass is 156 g/mol. The lowest BCUT2D eigenvalue weighted by Gasteiger charge is -2.14. The standard InChI is InChI=1S/C8H18NSi/c1-3-5-7-9(10)8-6-4-2/h3-8H2,1-2H3. The Bertz CT molecular complexity index is 58.3. The third-order valence-corrected chi connectivity index (χ3v) is 2.01. The van der Waals surface area contributed by atoms with E-state index in [1.165, 1.54) is 38.8 Å². The summed E-state index contributed by atoms with van der Waals surface area (Å²) < 4.78 is 2.23. The highest BCUT2D eigenvalue weighted by atomic mass is 28.2. The lowest BCUT2D eigenvalue weighted by atomic mass is 10.3. The molecule has 0 aromatic heterocycles. The van der Waals surface area contributed by atoms with Crippen LogP contribution in [0, 0.1) is 0 Å². The topological polar surface area (TPSA) is 3.24 Å². The van der Waals surface area contributed by atoms with Crippen LogP contribution in [-0.2, 0) is 0 Å². The Balaban J connectivity index is 3.00. The van der Waals surface area contributed by atoms with E-state index in [4.69, 9.17) is 0 Å². The first-order valence-corrected chi connectivity index (χ1v) is 4.72. The van der Waals surface area contributed by atoms with Crippen LogP contribution >= 0.6 is 0 Å². The highest BCUT2D eigenvalue weighted by molar-refractivity contribution is 6.04. The minimum absolute atomic E-state index is 1.19. The van der Waals surface area contributed by atoms with Crippen LogP contribution in [0.5, 0.6) is 0 Å². The van der Waals surface area contributed by atoms with Crippen LogP contribution < -0.4 is 0 Å². The van der Waals surface area contributed by atoms with Gasteiger partial charge in [-0.05, 0) is 25.9 Å². The van der Waals surface area contributed by atoms with Crippen molar-refractivity contribution >= 4 is 10.4 Å². The Labute approximate surface area is 68.3 Å². The minimum atomic E-state index is 1.19. The molecule has 0 aliphatic heterocycles. The van der Waals surface area contributed by atoms with E-state index in [-0.39, 0.29) is 0 Å². The van der Waals surface area contributed by atoms with E-state index in [0.717, 1.165) is 0 Å². The van der Waals surface area contributed by atoms with Gasteiger partial charge in [0.15, 0.2) is 0 Å². The summed E-state index contributed by atoms with van der Waals surface area (Å²) in [6.45, 7) is 6.82. The molecule has 0 rings (SSSR count). The average Bonchev–Trinajstić information content (AvgIpc) is 1.97. The number of hydrogen-bond acceptors (Lipinski definition) is 1. The molecular formula is C8H18NSi. The van der Waals surface area contributed by atoms with Crippen LogP contribution in [-0.4, -0.2) is 28.1 Å². The van der Waals surface area contributed by atoms with E-state index in [1.54, 1.807) is 0 Å². The van der Waals surface area contributed by atoms with Crippen molar-refractivity contribution in [2.45, 2.75) is 39.5 Å². The van der Waals surface area contributed by atoms with E-state index in [9.17, 15) is 0 Å². The third-order valence-electron chi connectivity index (χ3n) is 1.56. The lowest BCUT2D eigenvalue weighted by molar-refractivity contribution is 0.429. The van der Waals surface area contributed by atoms with Gasteiger partial charge in [-0.25, -0.2) is 0 Å². The van der Waals surface area contributed by atoms with Crippen molar-refractivity contribution < 1.29 is 0 Å². The number of nitrogens with zero attached hydrogens (tertiary/aromatic N) is 1. The van der Waals surface area contributed by atoms with Gasteiger partial charge in [0.1, 0.15) is 10.4 Å². The van der Waals surface area contributed by atoms with Crippen LogP contribution in [0.25, 0.3) is 0 Å². The Hall–Kier alpha value is 0.177. The summed E-state index contributed by atoms with van der Waals surface area (Å²) in [5.41, 5.74) is 0. The van der Waals surface area contributed by atoms with Gasteiger partial charge in [0.25, 0.3) is 0 Å². The molecule has 10 heavy (non-hydrogen) atoms. The zero-order valence-corrected chi connectivity index (χ0v) is 8.19. The Morgan fingerprint density at radius 1 is 1.00 bits per heavy atom. The van der Waals surface area contributed by atoms with Gasteiger partial charge in [0.05, 0.1) is 0 Å². The molecule has 2 heteroatoms. The van der Waals surface area contributed by atoms with Crippen molar-refractivity contribution in [2.24, 2.45) is 0 Å². The zero-order valence-electron chi connectivity index (χ0n) is 7.19. The molecule has 0 saturated carbocycles. The molecular weight excluding hydrogens is 138 g/mol. The third kappa shape index (κ3) is 6.30. The molecule has 0 amide bonds. The van der Waals surface area contributed by atoms with E-state index < -0.39 is 0 Å². The van der Waals surface area contributed by atoms with Gasteiger partial charge < -0.3 is 4.57 Å². The summed E-state index contributed by atoms with van der Waals surface area (Å²) in [6.07, 6.45) is 5.17. The van der Waals surface area contributed by atoms with Crippen LogP contribution in [0.15, 0.2) is 0 Å². The highest BCUT2D eigenvalue weighted by Crippen LogP contribution is 1.94. The summed E-state index contributed by atoms with van der Waals surface area (Å²) >= 11 is 0. The first kappa shape index (κ1) is 10.2. The van der Waals surface area contributed by atoms with Crippen molar-refractivity contribution in [1.82, 2.24) is 4.57 Å². The molecule has 1 nitrogen and oxygen atoms in total. The van der Waals surface area contributed by atoms with E-state index >= 15 is 0 Å². The molecule has 59 valence electrons. The van der Waals surface area contributed by atoms with Gasteiger partial charge in [0.2, 0.25) is 0 Å². The second kappa shape index (κ2) is 7.29. The SMILES string of the molecule is CCCCN([Si])CCCC. The van der Waals surface area contributed by atoms with Gasteiger partial charge in [0, 0.05) is 0 Å². The molecule has 0 aromatic carbocycles. The first-order valence-electron chi connectivity index (χ1n) is 4.27. The summed E-state index contributed by atoms with van der Waals surface area (Å²) in [4.78, 5) is 0. The van der Waals surface area contributed by atoms with E-state index in [0.29, 0.717) is 0 Å². The van der Waals surface area contributed by atoms with Crippen molar-refractivity contribution in [2.75, 3.05) is 13.1 Å². The highest BCUT2D eigenvalue weighted by Gasteiger charge is 1.94. The van der Waals surface area contributed by atoms with E-state index in [2.05, 4.69) is 28.8 Å². The molecule has 0 atom stereocenters. The van der Waals surface area contributed by atoms with Crippen LogP contribution in [0.4, 0.5) is 0 Å². The fourth-order valence-electron chi connectivity index (χ4n) is 0.810. The van der Waals surface area contributed by atoms with Crippen molar-refractivity contribution in [3.05, 3.63) is 0 Å². The van der Waals surface area contributed by atoms with Crippen LogP contribution in [0.2, 0.25) is 0 Å².